The molecule has 0 saturated carbocycles. The van der Waals surface area contributed by atoms with E-state index in [0.29, 0.717) is 5.02 Å². The summed E-state index contributed by atoms with van der Waals surface area (Å²) in [6, 6.07) is 12.1. The SMILES string of the molecule is Cc1ccc(CNc2ccc(Cl)cn2)cc1. The summed E-state index contributed by atoms with van der Waals surface area (Å²) in [5.74, 6) is 0.838. The lowest BCUT2D eigenvalue weighted by molar-refractivity contribution is 1.11. The Hall–Kier alpha value is -1.54. The smallest absolute Gasteiger partial charge is 0.126 e. The van der Waals surface area contributed by atoms with Crippen molar-refractivity contribution in [1.29, 1.82) is 0 Å². The summed E-state index contributed by atoms with van der Waals surface area (Å²) in [5.41, 5.74) is 2.51. The molecule has 0 unspecified atom stereocenters. The van der Waals surface area contributed by atoms with E-state index in [2.05, 4.69) is 41.5 Å². The quantitative estimate of drug-likeness (QED) is 0.874. The minimum Gasteiger partial charge on any atom is -0.366 e. The van der Waals surface area contributed by atoms with Gasteiger partial charge < -0.3 is 5.32 Å². The van der Waals surface area contributed by atoms with Crippen LogP contribution in [-0.2, 0) is 6.54 Å². The summed E-state index contributed by atoms with van der Waals surface area (Å²) in [5, 5.41) is 3.89. The molecule has 2 aromatic rings. The maximum atomic E-state index is 5.76. The second-order valence-electron chi connectivity index (χ2n) is 3.70. The molecule has 1 heterocycles. The number of pyridine rings is 1. The molecule has 0 saturated heterocycles. The minimum atomic E-state index is 0.654. The lowest BCUT2D eigenvalue weighted by Gasteiger charge is -2.05. The van der Waals surface area contributed by atoms with Crippen LogP contribution in [-0.4, -0.2) is 4.98 Å². The van der Waals surface area contributed by atoms with Gasteiger partial charge in [-0.05, 0) is 24.6 Å². The number of nitrogens with zero attached hydrogens (tertiary/aromatic N) is 1. The van der Waals surface area contributed by atoms with Gasteiger partial charge in [-0.25, -0.2) is 4.98 Å². The van der Waals surface area contributed by atoms with Crippen molar-refractivity contribution in [3.05, 3.63) is 58.7 Å². The van der Waals surface area contributed by atoms with Crippen molar-refractivity contribution in [3.8, 4) is 0 Å². The monoisotopic (exact) mass is 232 g/mol. The first-order valence-corrected chi connectivity index (χ1v) is 5.53. The normalized spacial score (nSPS) is 10.1. The summed E-state index contributed by atoms with van der Waals surface area (Å²) < 4.78 is 0. The Bertz CT molecular complexity index is 403. The van der Waals surface area contributed by atoms with E-state index >= 15 is 0 Å². The predicted molar refractivity (Wildman–Crippen MR) is 67.8 cm³/mol. The molecular formula is C13H13ClN2. The van der Waals surface area contributed by atoms with Gasteiger partial charge in [-0.2, -0.15) is 0 Å². The van der Waals surface area contributed by atoms with Gasteiger partial charge in [0.05, 0.1) is 5.02 Å². The first-order valence-electron chi connectivity index (χ1n) is 5.15. The Labute approximate surface area is 100 Å². The summed E-state index contributed by atoms with van der Waals surface area (Å²) >= 11 is 5.76. The minimum absolute atomic E-state index is 0.654. The van der Waals surface area contributed by atoms with Crippen LogP contribution in [0.15, 0.2) is 42.6 Å². The first kappa shape index (κ1) is 11.0. The van der Waals surface area contributed by atoms with Gasteiger partial charge in [-0.1, -0.05) is 41.4 Å². The third-order valence-electron chi connectivity index (χ3n) is 2.32. The lowest BCUT2D eigenvalue weighted by atomic mass is 10.1. The molecule has 0 aliphatic rings. The van der Waals surface area contributed by atoms with Crippen molar-refractivity contribution in [1.82, 2.24) is 4.98 Å². The molecule has 0 atom stereocenters. The van der Waals surface area contributed by atoms with Crippen molar-refractivity contribution < 1.29 is 0 Å². The number of benzene rings is 1. The lowest BCUT2D eigenvalue weighted by Crippen LogP contribution is -2.00. The summed E-state index contributed by atoms with van der Waals surface area (Å²) in [4.78, 5) is 4.17. The largest absolute Gasteiger partial charge is 0.366 e. The number of rotatable bonds is 3. The van der Waals surface area contributed by atoms with Crippen LogP contribution in [0.4, 0.5) is 5.82 Å². The first-order chi connectivity index (χ1) is 7.74. The number of halogens is 1. The van der Waals surface area contributed by atoms with E-state index in [9.17, 15) is 0 Å². The molecule has 0 spiro atoms. The molecule has 0 aliphatic heterocycles. The van der Waals surface area contributed by atoms with Gasteiger partial charge >= 0.3 is 0 Å². The zero-order valence-corrected chi connectivity index (χ0v) is 9.83. The molecule has 0 bridgehead atoms. The number of anilines is 1. The topological polar surface area (TPSA) is 24.9 Å². The van der Waals surface area contributed by atoms with E-state index in [1.807, 2.05) is 12.1 Å². The zero-order chi connectivity index (χ0) is 11.4. The number of hydrogen-bond donors (Lipinski definition) is 1. The van der Waals surface area contributed by atoms with E-state index in [1.165, 1.54) is 11.1 Å². The zero-order valence-electron chi connectivity index (χ0n) is 9.07. The fourth-order valence-corrected chi connectivity index (χ4v) is 1.49. The third-order valence-corrected chi connectivity index (χ3v) is 2.55. The molecule has 2 rings (SSSR count). The van der Waals surface area contributed by atoms with Crippen molar-refractivity contribution >= 4 is 17.4 Å². The molecular weight excluding hydrogens is 220 g/mol. The van der Waals surface area contributed by atoms with Crippen LogP contribution < -0.4 is 5.32 Å². The maximum Gasteiger partial charge on any atom is 0.126 e. The molecule has 1 aromatic carbocycles. The molecule has 1 aromatic heterocycles. The highest BCUT2D eigenvalue weighted by molar-refractivity contribution is 6.30. The van der Waals surface area contributed by atoms with E-state index < -0.39 is 0 Å². The number of hydrogen-bond acceptors (Lipinski definition) is 2. The van der Waals surface area contributed by atoms with Crippen LogP contribution in [0.5, 0.6) is 0 Å². The Morgan fingerprint density at radius 2 is 1.88 bits per heavy atom. The highest BCUT2D eigenvalue weighted by atomic mass is 35.5. The van der Waals surface area contributed by atoms with E-state index in [1.54, 1.807) is 6.20 Å². The van der Waals surface area contributed by atoms with Crippen LogP contribution in [0, 0.1) is 6.92 Å². The van der Waals surface area contributed by atoms with Gasteiger partial charge in [0.15, 0.2) is 0 Å². The molecule has 3 heteroatoms. The second kappa shape index (κ2) is 4.99. The van der Waals surface area contributed by atoms with Crippen LogP contribution in [0.1, 0.15) is 11.1 Å². The van der Waals surface area contributed by atoms with Crippen molar-refractivity contribution in [2.24, 2.45) is 0 Å². The highest BCUT2D eigenvalue weighted by Gasteiger charge is 1.95. The fraction of sp³-hybridized carbons (Fsp3) is 0.154. The second-order valence-corrected chi connectivity index (χ2v) is 4.14. The molecule has 0 fully saturated rings. The standard InChI is InChI=1S/C13H13ClN2/c1-10-2-4-11(5-3-10)8-15-13-7-6-12(14)9-16-13/h2-7,9H,8H2,1H3,(H,15,16). The average molecular weight is 233 g/mol. The van der Waals surface area contributed by atoms with Gasteiger partial charge in [0.2, 0.25) is 0 Å². The van der Waals surface area contributed by atoms with Crippen molar-refractivity contribution in [2.45, 2.75) is 13.5 Å². The van der Waals surface area contributed by atoms with Gasteiger partial charge in [-0.15, -0.1) is 0 Å². The van der Waals surface area contributed by atoms with Gasteiger partial charge in [0.25, 0.3) is 0 Å². The van der Waals surface area contributed by atoms with Crippen LogP contribution >= 0.6 is 11.6 Å². The average Bonchev–Trinajstić information content (AvgIpc) is 2.30. The van der Waals surface area contributed by atoms with Gasteiger partial charge in [0.1, 0.15) is 5.82 Å². The van der Waals surface area contributed by atoms with Crippen LogP contribution in [0.3, 0.4) is 0 Å². The molecule has 82 valence electrons. The number of nitrogens with one attached hydrogen (secondary N) is 1. The van der Waals surface area contributed by atoms with Gasteiger partial charge in [0, 0.05) is 12.7 Å². The Morgan fingerprint density at radius 3 is 2.50 bits per heavy atom. The van der Waals surface area contributed by atoms with Crippen LogP contribution in [0.2, 0.25) is 5.02 Å². The highest BCUT2D eigenvalue weighted by Crippen LogP contribution is 2.11. The van der Waals surface area contributed by atoms with Crippen LogP contribution in [0.25, 0.3) is 0 Å². The summed E-state index contributed by atoms with van der Waals surface area (Å²) in [7, 11) is 0. The molecule has 0 aliphatic carbocycles. The molecule has 2 nitrogen and oxygen atoms in total. The van der Waals surface area contributed by atoms with E-state index in [4.69, 9.17) is 11.6 Å². The maximum absolute atomic E-state index is 5.76. The molecule has 0 radical (unpaired) electrons. The van der Waals surface area contributed by atoms with Crippen molar-refractivity contribution in [3.63, 3.8) is 0 Å². The summed E-state index contributed by atoms with van der Waals surface area (Å²) in [6.45, 7) is 2.85. The van der Waals surface area contributed by atoms with Gasteiger partial charge in [-0.3, -0.25) is 0 Å². The molecule has 0 amide bonds. The fourth-order valence-electron chi connectivity index (χ4n) is 1.38. The Kier molecular flexibility index (Phi) is 3.42. The molecule has 16 heavy (non-hydrogen) atoms. The van der Waals surface area contributed by atoms with Crippen molar-refractivity contribution in [2.75, 3.05) is 5.32 Å². The number of aromatic nitrogens is 1. The summed E-state index contributed by atoms with van der Waals surface area (Å²) in [6.07, 6.45) is 1.64. The molecule has 1 N–H and O–H groups in total. The number of aryl methyl sites for hydroxylation is 1. The Morgan fingerprint density at radius 1 is 1.12 bits per heavy atom. The predicted octanol–water partition coefficient (Wildman–Crippen LogP) is 3.66. The Balaban J connectivity index is 1.97. The van der Waals surface area contributed by atoms with E-state index in [-0.39, 0.29) is 0 Å². The third kappa shape index (κ3) is 2.97. The van der Waals surface area contributed by atoms with E-state index in [0.717, 1.165) is 12.4 Å².